The maximum absolute atomic E-state index is 12.5. The van der Waals surface area contributed by atoms with Crippen molar-refractivity contribution in [3.8, 4) is 0 Å². The van der Waals surface area contributed by atoms with E-state index in [-0.39, 0.29) is 5.92 Å². The highest BCUT2D eigenvalue weighted by Crippen LogP contribution is 2.39. The first-order chi connectivity index (χ1) is 15.1. The number of hydrogen-bond acceptors (Lipinski definition) is 1. The second-order valence-corrected chi connectivity index (χ2v) is 11.1. The number of halogens is 2. The Morgan fingerprint density at radius 1 is 0.710 bits per heavy atom. The molecule has 0 bridgehead atoms. The highest BCUT2D eigenvalue weighted by Gasteiger charge is 2.31. The van der Waals surface area contributed by atoms with Gasteiger partial charge in [-0.05, 0) is 80.6 Å². The van der Waals surface area contributed by atoms with Gasteiger partial charge in [-0.15, -0.1) is 0 Å². The van der Waals surface area contributed by atoms with Gasteiger partial charge in [-0.1, -0.05) is 77.6 Å². The lowest BCUT2D eigenvalue weighted by atomic mass is 9.73. The van der Waals surface area contributed by atoms with Crippen LogP contribution in [0.5, 0.6) is 0 Å². The quantitative estimate of drug-likeness (QED) is 0.292. The van der Waals surface area contributed by atoms with E-state index in [2.05, 4.69) is 6.92 Å². The summed E-state index contributed by atoms with van der Waals surface area (Å²) in [5.74, 6) is 3.50. The van der Waals surface area contributed by atoms with E-state index in [0.717, 1.165) is 44.1 Å². The number of hydrogen-bond donors (Lipinski definition) is 0. The van der Waals surface area contributed by atoms with Gasteiger partial charge >= 0.3 is 0 Å². The first-order valence-electron chi connectivity index (χ1n) is 13.8. The summed E-state index contributed by atoms with van der Waals surface area (Å²) >= 11 is 0. The second kappa shape index (κ2) is 14.0. The largest absolute Gasteiger partial charge is 0.378 e. The van der Waals surface area contributed by atoms with Crippen molar-refractivity contribution in [2.75, 3.05) is 6.61 Å². The fourth-order valence-electron chi connectivity index (χ4n) is 6.68. The van der Waals surface area contributed by atoms with Gasteiger partial charge in [0.1, 0.15) is 0 Å². The predicted molar refractivity (Wildman–Crippen MR) is 126 cm³/mol. The highest BCUT2D eigenvalue weighted by atomic mass is 19.3. The molecule has 3 aliphatic rings. The molecule has 3 heteroatoms. The van der Waals surface area contributed by atoms with Crippen LogP contribution in [0, 0.1) is 29.6 Å². The minimum Gasteiger partial charge on any atom is -0.378 e. The SMILES string of the molecule is CCCCCC1CCC(CCCCC2CCC(C3CCC(C=C(F)F)CC3)CO2)CC1. The summed E-state index contributed by atoms with van der Waals surface area (Å²) in [5, 5.41) is 0. The first kappa shape index (κ1) is 25.2. The molecule has 31 heavy (non-hydrogen) atoms. The predicted octanol–water partition coefficient (Wildman–Crippen LogP) is 9.32. The van der Waals surface area contributed by atoms with Crippen LogP contribution in [0.4, 0.5) is 8.78 Å². The van der Waals surface area contributed by atoms with Gasteiger partial charge in [0, 0.05) is 0 Å². The van der Waals surface area contributed by atoms with Gasteiger partial charge in [0.25, 0.3) is 6.08 Å². The van der Waals surface area contributed by atoms with Gasteiger partial charge in [0.2, 0.25) is 0 Å². The molecule has 1 heterocycles. The Morgan fingerprint density at radius 3 is 1.84 bits per heavy atom. The number of unbranched alkanes of at least 4 members (excludes halogenated alkanes) is 3. The van der Waals surface area contributed by atoms with Gasteiger partial charge < -0.3 is 4.74 Å². The lowest BCUT2D eigenvalue weighted by Crippen LogP contribution is -2.32. The summed E-state index contributed by atoms with van der Waals surface area (Å²) in [4.78, 5) is 0. The zero-order valence-electron chi connectivity index (χ0n) is 20.1. The number of allylic oxidation sites excluding steroid dienone is 1. The molecule has 2 aliphatic carbocycles. The molecule has 2 atom stereocenters. The maximum atomic E-state index is 12.5. The Labute approximate surface area is 190 Å². The van der Waals surface area contributed by atoms with Crippen molar-refractivity contribution < 1.29 is 13.5 Å². The molecular weight excluding hydrogens is 390 g/mol. The summed E-state index contributed by atoms with van der Waals surface area (Å²) in [6.07, 6.45) is 23.8. The summed E-state index contributed by atoms with van der Waals surface area (Å²) in [6, 6.07) is 0. The third-order valence-electron chi connectivity index (χ3n) is 8.82. The summed E-state index contributed by atoms with van der Waals surface area (Å²) in [5.41, 5.74) is 0. The Bertz CT molecular complexity index is 491. The lowest BCUT2D eigenvalue weighted by molar-refractivity contribution is -0.0421. The molecule has 0 aromatic heterocycles. The number of rotatable bonds is 11. The van der Waals surface area contributed by atoms with E-state index in [1.54, 1.807) is 0 Å². The van der Waals surface area contributed by atoms with Crippen molar-refractivity contribution >= 4 is 0 Å². The van der Waals surface area contributed by atoms with Crippen LogP contribution in [0.2, 0.25) is 0 Å². The van der Waals surface area contributed by atoms with E-state index in [9.17, 15) is 8.78 Å². The molecule has 0 radical (unpaired) electrons. The molecule has 3 fully saturated rings. The van der Waals surface area contributed by atoms with Crippen LogP contribution in [0.3, 0.4) is 0 Å². The van der Waals surface area contributed by atoms with Gasteiger partial charge in [0.05, 0.1) is 12.7 Å². The summed E-state index contributed by atoms with van der Waals surface area (Å²) in [6.45, 7) is 3.22. The lowest BCUT2D eigenvalue weighted by Gasteiger charge is -2.37. The van der Waals surface area contributed by atoms with Gasteiger partial charge in [0.15, 0.2) is 0 Å². The molecule has 0 amide bonds. The zero-order valence-corrected chi connectivity index (χ0v) is 20.1. The van der Waals surface area contributed by atoms with Crippen LogP contribution in [0.15, 0.2) is 12.2 Å². The van der Waals surface area contributed by atoms with Crippen molar-refractivity contribution in [1.29, 1.82) is 0 Å². The molecule has 1 saturated heterocycles. The molecule has 2 unspecified atom stereocenters. The molecule has 180 valence electrons. The Morgan fingerprint density at radius 2 is 1.29 bits per heavy atom. The molecule has 1 aliphatic heterocycles. The fourth-order valence-corrected chi connectivity index (χ4v) is 6.68. The molecule has 0 aromatic carbocycles. The maximum Gasteiger partial charge on any atom is 0.266 e. The summed E-state index contributed by atoms with van der Waals surface area (Å²) < 4.78 is 31.2. The van der Waals surface area contributed by atoms with Gasteiger partial charge in [-0.25, -0.2) is 0 Å². The molecular formula is C28H48F2O. The van der Waals surface area contributed by atoms with Crippen molar-refractivity contribution in [3.63, 3.8) is 0 Å². The van der Waals surface area contributed by atoms with Crippen molar-refractivity contribution in [2.24, 2.45) is 29.6 Å². The molecule has 1 nitrogen and oxygen atoms in total. The standard InChI is InChI=1S/C28H48F2O/c1-2-3-4-7-22-10-12-23(13-11-22)8-5-6-9-27-19-18-26(21-31-27)25-16-14-24(15-17-25)20-28(29)30/h20,22-27H,2-19,21H2,1H3. The number of ether oxygens (including phenoxy) is 1. The molecule has 0 N–H and O–H groups in total. The Hall–Kier alpha value is -0.440. The molecule has 0 aromatic rings. The average molecular weight is 439 g/mol. The van der Waals surface area contributed by atoms with E-state index in [1.807, 2.05) is 0 Å². The van der Waals surface area contributed by atoms with Gasteiger partial charge in [-0.3, -0.25) is 0 Å². The van der Waals surface area contributed by atoms with E-state index >= 15 is 0 Å². The van der Waals surface area contributed by atoms with Crippen molar-refractivity contribution in [2.45, 2.75) is 129 Å². The van der Waals surface area contributed by atoms with E-state index in [1.165, 1.54) is 96.0 Å². The third kappa shape index (κ3) is 9.14. The minimum absolute atomic E-state index is 0.106. The smallest absolute Gasteiger partial charge is 0.266 e. The van der Waals surface area contributed by atoms with Gasteiger partial charge in [-0.2, -0.15) is 8.78 Å². The first-order valence-corrected chi connectivity index (χ1v) is 13.8. The zero-order chi connectivity index (χ0) is 21.9. The molecule has 2 saturated carbocycles. The monoisotopic (exact) mass is 438 g/mol. The van der Waals surface area contributed by atoms with E-state index in [4.69, 9.17) is 4.74 Å². The van der Waals surface area contributed by atoms with Crippen LogP contribution < -0.4 is 0 Å². The third-order valence-corrected chi connectivity index (χ3v) is 8.82. The van der Waals surface area contributed by atoms with Crippen LogP contribution in [-0.4, -0.2) is 12.7 Å². The Kier molecular flexibility index (Phi) is 11.3. The van der Waals surface area contributed by atoms with Crippen LogP contribution in [-0.2, 0) is 4.74 Å². The van der Waals surface area contributed by atoms with Crippen molar-refractivity contribution in [3.05, 3.63) is 12.2 Å². The Balaban J connectivity index is 1.20. The van der Waals surface area contributed by atoms with E-state index in [0.29, 0.717) is 17.9 Å². The minimum atomic E-state index is -1.50. The second-order valence-electron chi connectivity index (χ2n) is 11.1. The van der Waals surface area contributed by atoms with E-state index < -0.39 is 6.08 Å². The normalized spacial score (nSPS) is 34.4. The highest BCUT2D eigenvalue weighted by molar-refractivity contribution is 4.92. The summed E-state index contributed by atoms with van der Waals surface area (Å²) in [7, 11) is 0. The van der Waals surface area contributed by atoms with Crippen molar-refractivity contribution in [1.82, 2.24) is 0 Å². The average Bonchev–Trinajstić information content (AvgIpc) is 2.78. The molecule has 3 rings (SSSR count). The van der Waals surface area contributed by atoms with Crippen LogP contribution in [0.1, 0.15) is 122 Å². The van der Waals surface area contributed by atoms with Crippen LogP contribution in [0.25, 0.3) is 0 Å². The topological polar surface area (TPSA) is 9.23 Å². The fraction of sp³-hybridized carbons (Fsp3) is 0.929. The molecule has 0 spiro atoms. The van der Waals surface area contributed by atoms with Crippen LogP contribution >= 0.6 is 0 Å².